The van der Waals surface area contributed by atoms with Crippen molar-refractivity contribution >= 4 is 21.7 Å². The molecule has 1 N–H and O–H groups in total. The first-order valence-electron chi connectivity index (χ1n) is 8.60. The molecule has 0 saturated carbocycles. The fourth-order valence-electron chi connectivity index (χ4n) is 2.84. The van der Waals surface area contributed by atoms with Crippen LogP contribution in [0.2, 0.25) is 0 Å². The Hall–Kier alpha value is -1.23. The minimum atomic E-state index is -0.117. The van der Waals surface area contributed by atoms with Crippen molar-refractivity contribution in [3.8, 4) is 17.2 Å². The van der Waals surface area contributed by atoms with Crippen LogP contribution in [0.1, 0.15) is 67.3 Å². The van der Waals surface area contributed by atoms with E-state index in [2.05, 4.69) is 15.9 Å². The highest BCUT2D eigenvalue weighted by atomic mass is 79.9. The first-order valence-corrected chi connectivity index (χ1v) is 9.72. The smallest absolute Gasteiger partial charge is 0.203 e. The standard InChI is InChI=1S/C19H29BrO4/c1-14-13-16(23-2)19(24-3)18(22)17(14)15(21)11-9-7-5-4-6-8-10-12-20/h13,22H,4-12H2,1-3H3. The van der Waals surface area contributed by atoms with Gasteiger partial charge in [0.05, 0.1) is 19.8 Å². The van der Waals surface area contributed by atoms with E-state index in [1.54, 1.807) is 13.0 Å². The fourth-order valence-corrected chi connectivity index (χ4v) is 3.24. The highest BCUT2D eigenvalue weighted by molar-refractivity contribution is 9.09. The molecule has 1 rings (SSSR count). The Morgan fingerprint density at radius 1 is 1.04 bits per heavy atom. The van der Waals surface area contributed by atoms with Crippen molar-refractivity contribution in [1.29, 1.82) is 0 Å². The van der Waals surface area contributed by atoms with Gasteiger partial charge in [-0.1, -0.05) is 48.0 Å². The number of carbonyl (C=O) groups excluding carboxylic acids is 1. The van der Waals surface area contributed by atoms with E-state index in [0.717, 1.165) is 24.6 Å². The maximum atomic E-state index is 12.5. The van der Waals surface area contributed by atoms with Gasteiger partial charge in [0.1, 0.15) is 0 Å². The van der Waals surface area contributed by atoms with Crippen LogP contribution in [0.3, 0.4) is 0 Å². The lowest BCUT2D eigenvalue weighted by molar-refractivity contribution is 0.0975. The van der Waals surface area contributed by atoms with Crippen molar-refractivity contribution in [2.45, 2.75) is 58.3 Å². The number of alkyl halides is 1. The number of halogens is 1. The third-order valence-corrected chi connectivity index (χ3v) is 4.72. The largest absolute Gasteiger partial charge is 0.504 e. The van der Waals surface area contributed by atoms with Crippen LogP contribution in [0, 0.1) is 6.92 Å². The normalized spacial score (nSPS) is 10.7. The van der Waals surface area contributed by atoms with Crippen LogP contribution in [0.25, 0.3) is 0 Å². The Labute approximate surface area is 153 Å². The molecule has 0 amide bonds. The van der Waals surface area contributed by atoms with Crippen LogP contribution in [0.4, 0.5) is 0 Å². The number of aryl methyl sites for hydroxylation is 1. The summed E-state index contributed by atoms with van der Waals surface area (Å²) in [5.41, 5.74) is 1.06. The molecule has 0 aromatic heterocycles. The van der Waals surface area contributed by atoms with Crippen molar-refractivity contribution in [3.05, 3.63) is 17.2 Å². The Kier molecular flexibility index (Phi) is 9.84. The molecule has 0 aliphatic rings. The number of ketones is 1. The number of ether oxygens (including phenoxy) is 2. The number of aromatic hydroxyl groups is 1. The van der Waals surface area contributed by atoms with E-state index >= 15 is 0 Å². The Bertz CT molecular complexity index is 529. The highest BCUT2D eigenvalue weighted by Gasteiger charge is 2.21. The lowest BCUT2D eigenvalue weighted by Crippen LogP contribution is -2.05. The van der Waals surface area contributed by atoms with Gasteiger partial charge in [-0.15, -0.1) is 0 Å². The van der Waals surface area contributed by atoms with Crippen molar-refractivity contribution in [1.82, 2.24) is 0 Å². The number of hydrogen-bond acceptors (Lipinski definition) is 4. The summed E-state index contributed by atoms with van der Waals surface area (Å²) in [6.45, 7) is 1.80. The Balaban J connectivity index is 2.53. The predicted octanol–water partition coefficient (Wildman–Crippen LogP) is 5.42. The van der Waals surface area contributed by atoms with Crippen LogP contribution in [-0.2, 0) is 0 Å². The molecule has 0 saturated heterocycles. The lowest BCUT2D eigenvalue weighted by Gasteiger charge is -2.15. The Morgan fingerprint density at radius 2 is 1.62 bits per heavy atom. The summed E-state index contributed by atoms with van der Waals surface area (Å²) in [5.74, 6) is 0.505. The number of benzene rings is 1. The van der Waals surface area contributed by atoms with E-state index < -0.39 is 0 Å². The molecule has 0 aliphatic heterocycles. The molecule has 24 heavy (non-hydrogen) atoms. The van der Waals surface area contributed by atoms with Gasteiger partial charge in [0.2, 0.25) is 5.75 Å². The molecule has 0 atom stereocenters. The van der Waals surface area contributed by atoms with Crippen LogP contribution in [0.5, 0.6) is 17.2 Å². The molecule has 5 heteroatoms. The molecule has 0 radical (unpaired) electrons. The molecule has 0 bridgehead atoms. The van der Waals surface area contributed by atoms with E-state index in [1.807, 2.05) is 0 Å². The minimum absolute atomic E-state index is 0.0368. The van der Waals surface area contributed by atoms with Gasteiger partial charge >= 0.3 is 0 Å². The van der Waals surface area contributed by atoms with Gasteiger partial charge in [-0.3, -0.25) is 4.79 Å². The van der Waals surface area contributed by atoms with Gasteiger partial charge in [0.25, 0.3) is 0 Å². The van der Waals surface area contributed by atoms with Gasteiger partial charge in [-0.05, 0) is 31.4 Å². The molecule has 1 aromatic rings. The van der Waals surface area contributed by atoms with Crippen LogP contribution in [-0.4, -0.2) is 30.4 Å². The van der Waals surface area contributed by atoms with Crippen LogP contribution < -0.4 is 9.47 Å². The molecule has 0 aliphatic carbocycles. The van der Waals surface area contributed by atoms with Crippen LogP contribution >= 0.6 is 15.9 Å². The summed E-state index contributed by atoms with van der Waals surface area (Å²) in [5, 5.41) is 11.4. The zero-order chi connectivity index (χ0) is 17.9. The van der Waals surface area contributed by atoms with Gasteiger partial charge in [-0.25, -0.2) is 0 Å². The molecular formula is C19H29BrO4. The zero-order valence-electron chi connectivity index (χ0n) is 15.0. The second-order valence-corrected chi connectivity index (χ2v) is 6.78. The molecule has 0 spiro atoms. The number of carbonyl (C=O) groups is 1. The van der Waals surface area contributed by atoms with Crippen molar-refractivity contribution in [3.63, 3.8) is 0 Å². The molecule has 1 aromatic carbocycles. The highest BCUT2D eigenvalue weighted by Crippen LogP contribution is 2.41. The van der Waals surface area contributed by atoms with Crippen molar-refractivity contribution in [2.75, 3.05) is 19.5 Å². The third kappa shape index (κ3) is 6.00. The van der Waals surface area contributed by atoms with E-state index in [1.165, 1.54) is 39.9 Å². The lowest BCUT2D eigenvalue weighted by atomic mass is 9.97. The monoisotopic (exact) mass is 400 g/mol. The number of unbranched alkanes of at least 4 members (excludes halogenated alkanes) is 6. The van der Waals surface area contributed by atoms with E-state index in [9.17, 15) is 9.90 Å². The summed E-state index contributed by atoms with van der Waals surface area (Å²) in [6, 6.07) is 1.73. The molecule has 0 fully saturated rings. The molecular weight excluding hydrogens is 372 g/mol. The summed E-state index contributed by atoms with van der Waals surface area (Å²) in [7, 11) is 2.97. The van der Waals surface area contributed by atoms with Gasteiger partial charge in [-0.2, -0.15) is 0 Å². The maximum absolute atomic E-state index is 12.5. The number of phenolic OH excluding ortho intramolecular Hbond substituents is 1. The van der Waals surface area contributed by atoms with Crippen molar-refractivity contribution < 1.29 is 19.4 Å². The second kappa shape index (κ2) is 11.3. The van der Waals surface area contributed by atoms with Gasteiger partial charge in [0.15, 0.2) is 17.3 Å². The van der Waals surface area contributed by atoms with Crippen molar-refractivity contribution in [2.24, 2.45) is 0 Å². The molecule has 0 heterocycles. The summed E-state index contributed by atoms with van der Waals surface area (Å²) < 4.78 is 10.4. The first kappa shape index (κ1) is 20.8. The number of hydrogen-bond donors (Lipinski definition) is 1. The Morgan fingerprint density at radius 3 is 2.17 bits per heavy atom. The summed E-state index contributed by atoms with van der Waals surface area (Å²) in [4.78, 5) is 12.5. The number of rotatable bonds is 12. The zero-order valence-corrected chi connectivity index (χ0v) is 16.6. The molecule has 136 valence electrons. The maximum Gasteiger partial charge on any atom is 0.203 e. The minimum Gasteiger partial charge on any atom is -0.504 e. The molecule has 0 unspecified atom stereocenters. The SMILES string of the molecule is COc1cc(C)c(C(=O)CCCCCCCCCBr)c(O)c1OC. The summed E-state index contributed by atoms with van der Waals surface area (Å²) >= 11 is 3.44. The van der Waals surface area contributed by atoms with E-state index in [-0.39, 0.29) is 17.3 Å². The van der Waals surface area contributed by atoms with E-state index in [0.29, 0.717) is 23.3 Å². The first-order chi connectivity index (χ1) is 11.6. The van der Waals surface area contributed by atoms with Gasteiger partial charge < -0.3 is 14.6 Å². The topological polar surface area (TPSA) is 55.8 Å². The third-order valence-electron chi connectivity index (χ3n) is 4.16. The number of phenols is 1. The average molecular weight is 401 g/mol. The van der Waals surface area contributed by atoms with Crippen LogP contribution in [0.15, 0.2) is 6.07 Å². The number of Topliss-reactive ketones (excluding diaryl/α,β-unsaturated/α-hetero) is 1. The quantitative estimate of drug-likeness (QED) is 0.289. The predicted molar refractivity (Wildman–Crippen MR) is 101 cm³/mol. The second-order valence-electron chi connectivity index (χ2n) is 5.99. The van der Waals surface area contributed by atoms with Gasteiger partial charge in [0, 0.05) is 11.8 Å². The fraction of sp³-hybridized carbons (Fsp3) is 0.632. The molecule has 4 nitrogen and oxygen atoms in total. The average Bonchev–Trinajstić information content (AvgIpc) is 2.56. The summed E-state index contributed by atoms with van der Waals surface area (Å²) in [6.07, 6.45) is 8.49. The number of methoxy groups -OCH3 is 2. The van der Waals surface area contributed by atoms with E-state index in [4.69, 9.17) is 9.47 Å².